The fourth-order valence-corrected chi connectivity index (χ4v) is 2.63. The summed E-state index contributed by atoms with van der Waals surface area (Å²) in [5.74, 6) is 1.06. The van der Waals surface area contributed by atoms with E-state index in [1.807, 2.05) is 31.3 Å². The Morgan fingerprint density at radius 2 is 1.91 bits per heavy atom. The highest BCUT2D eigenvalue weighted by atomic mass is 79.9. The monoisotopic (exact) mass is 423 g/mol. The molecule has 5 nitrogen and oxygen atoms in total. The molecule has 0 aliphatic rings. The number of nitrogens with zero attached hydrogens (tertiary/aromatic N) is 1. The number of carbonyl (C=O) groups excluding carboxylic acids is 2. The molecule has 0 fully saturated rings. The molecule has 0 aliphatic heterocycles. The van der Waals surface area contributed by atoms with Gasteiger partial charge in [0.25, 0.3) is 0 Å². The van der Waals surface area contributed by atoms with Crippen molar-refractivity contribution in [1.82, 2.24) is 10.2 Å². The fraction of sp³-hybridized carbons (Fsp3) is 0.467. The van der Waals surface area contributed by atoms with Crippen LogP contribution in [0.1, 0.15) is 6.42 Å². The van der Waals surface area contributed by atoms with E-state index in [4.69, 9.17) is 0 Å². The van der Waals surface area contributed by atoms with Gasteiger partial charge in [0.1, 0.15) is 0 Å². The maximum atomic E-state index is 11.8. The van der Waals surface area contributed by atoms with Gasteiger partial charge in [0, 0.05) is 42.5 Å². The summed E-state index contributed by atoms with van der Waals surface area (Å²) >= 11 is 4.82. The van der Waals surface area contributed by atoms with Crippen LogP contribution < -0.4 is 10.6 Å². The van der Waals surface area contributed by atoms with Gasteiger partial charge in [-0.15, -0.1) is 12.4 Å². The molecule has 23 heavy (non-hydrogen) atoms. The van der Waals surface area contributed by atoms with E-state index in [1.165, 1.54) is 11.8 Å². The molecule has 0 unspecified atom stereocenters. The number of nitrogens with one attached hydrogen (secondary N) is 2. The fourth-order valence-electron chi connectivity index (χ4n) is 1.65. The van der Waals surface area contributed by atoms with Gasteiger partial charge < -0.3 is 15.5 Å². The van der Waals surface area contributed by atoms with Crippen molar-refractivity contribution in [2.75, 3.05) is 44.0 Å². The molecule has 1 aromatic carbocycles. The van der Waals surface area contributed by atoms with Crippen LogP contribution in [0.25, 0.3) is 0 Å². The van der Waals surface area contributed by atoms with Crippen LogP contribution in [0.2, 0.25) is 0 Å². The first-order valence-corrected chi connectivity index (χ1v) is 8.99. The number of benzene rings is 1. The van der Waals surface area contributed by atoms with Gasteiger partial charge in [-0.25, -0.2) is 0 Å². The summed E-state index contributed by atoms with van der Waals surface area (Å²) in [5.41, 5.74) is 0.775. The number of hydrogen-bond donors (Lipinski definition) is 2. The molecule has 0 bridgehead atoms. The van der Waals surface area contributed by atoms with Crippen molar-refractivity contribution in [2.24, 2.45) is 0 Å². The summed E-state index contributed by atoms with van der Waals surface area (Å²) in [4.78, 5) is 25.3. The summed E-state index contributed by atoms with van der Waals surface area (Å²) in [5, 5.41) is 5.83. The SMILES string of the molecule is CNCCN(C)C(=O)CCSCC(=O)Nc1ccc(Br)cc1.Cl. The maximum Gasteiger partial charge on any atom is 0.234 e. The van der Waals surface area contributed by atoms with Gasteiger partial charge in [-0.1, -0.05) is 15.9 Å². The molecule has 0 saturated heterocycles. The lowest BCUT2D eigenvalue weighted by Gasteiger charge is -2.16. The Morgan fingerprint density at radius 1 is 1.26 bits per heavy atom. The molecule has 0 heterocycles. The third kappa shape index (κ3) is 9.86. The highest BCUT2D eigenvalue weighted by Crippen LogP contribution is 2.14. The van der Waals surface area contributed by atoms with Gasteiger partial charge >= 0.3 is 0 Å². The lowest BCUT2D eigenvalue weighted by Crippen LogP contribution is -2.33. The van der Waals surface area contributed by atoms with E-state index < -0.39 is 0 Å². The van der Waals surface area contributed by atoms with E-state index in [0.717, 1.165) is 16.7 Å². The van der Waals surface area contributed by atoms with Crippen molar-refractivity contribution in [1.29, 1.82) is 0 Å². The molecule has 2 amide bonds. The molecule has 0 spiro atoms. The first kappa shape index (κ1) is 22.2. The quantitative estimate of drug-likeness (QED) is 0.598. The zero-order valence-electron chi connectivity index (χ0n) is 13.3. The average Bonchev–Trinajstić information content (AvgIpc) is 2.51. The molecule has 0 aromatic heterocycles. The maximum absolute atomic E-state index is 11.8. The van der Waals surface area contributed by atoms with Crippen LogP contribution in [0.15, 0.2) is 28.7 Å². The number of halogens is 2. The topological polar surface area (TPSA) is 61.4 Å². The minimum atomic E-state index is -0.0525. The summed E-state index contributed by atoms with van der Waals surface area (Å²) < 4.78 is 0.973. The van der Waals surface area contributed by atoms with Crippen LogP contribution in [-0.2, 0) is 9.59 Å². The van der Waals surface area contributed by atoms with Crippen LogP contribution in [-0.4, -0.2) is 55.4 Å². The largest absolute Gasteiger partial charge is 0.344 e. The van der Waals surface area contributed by atoms with Crippen molar-refractivity contribution in [2.45, 2.75) is 6.42 Å². The predicted octanol–water partition coefficient (Wildman–Crippen LogP) is 2.61. The summed E-state index contributed by atoms with van der Waals surface area (Å²) in [7, 11) is 3.66. The van der Waals surface area contributed by atoms with Crippen molar-refractivity contribution < 1.29 is 9.59 Å². The van der Waals surface area contributed by atoms with Gasteiger partial charge in [0.15, 0.2) is 0 Å². The molecule has 0 radical (unpaired) electrons. The third-order valence-corrected chi connectivity index (χ3v) is 4.43. The normalized spacial score (nSPS) is 9.87. The second-order valence-electron chi connectivity index (χ2n) is 4.78. The third-order valence-electron chi connectivity index (χ3n) is 2.94. The van der Waals surface area contributed by atoms with E-state index in [1.54, 1.807) is 11.9 Å². The molecular formula is C15H23BrClN3O2S. The smallest absolute Gasteiger partial charge is 0.234 e. The Kier molecular flexibility index (Phi) is 12.2. The summed E-state index contributed by atoms with van der Waals surface area (Å²) in [6.07, 6.45) is 0.455. The molecule has 0 atom stereocenters. The first-order chi connectivity index (χ1) is 10.5. The molecule has 1 aromatic rings. The number of amides is 2. The second-order valence-corrected chi connectivity index (χ2v) is 6.80. The van der Waals surface area contributed by atoms with E-state index in [-0.39, 0.29) is 24.2 Å². The Morgan fingerprint density at radius 3 is 2.52 bits per heavy atom. The number of rotatable bonds is 9. The number of thioether (sulfide) groups is 1. The summed E-state index contributed by atoms with van der Waals surface area (Å²) in [6.45, 7) is 1.48. The molecular weight excluding hydrogens is 402 g/mol. The Balaban J connectivity index is 0.00000484. The van der Waals surface area contributed by atoms with Gasteiger partial charge in [-0.3, -0.25) is 9.59 Å². The highest BCUT2D eigenvalue weighted by molar-refractivity contribution is 9.10. The van der Waals surface area contributed by atoms with E-state index in [9.17, 15) is 9.59 Å². The van der Waals surface area contributed by atoms with Gasteiger partial charge in [-0.2, -0.15) is 11.8 Å². The summed E-state index contributed by atoms with van der Waals surface area (Å²) in [6, 6.07) is 7.44. The number of carbonyl (C=O) groups is 2. The number of anilines is 1. The average molecular weight is 425 g/mol. The predicted molar refractivity (Wildman–Crippen MR) is 104 cm³/mol. The number of hydrogen-bond acceptors (Lipinski definition) is 4. The van der Waals surface area contributed by atoms with Crippen molar-refractivity contribution in [3.05, 3.63) is 28.7 Å². The van der Waals surface area contributed by atoms with E-state index in [2.05, 4.69) is 26.6 Å². The Bertz CT molecular complexity index is 488. The van der Waals surface area contributed by atoms with Gasteiger partial charge in [0.05, 0.1) is 5.75 Å². The molecule has 1 rings (SSSR count). The standard InChI is InChI=1S/C15H22BrN3O2S.ClH/c1-17-8-9-19(2)15(21)7-10-22-11-14(20)18-13-5-3-12(16)4-6-13;/h3-6,17H,7-11H2,1-2H3,(H,18,20);1H. The van der Waals surface area contributed by atoms with Crippen LogP contribution in [0.3, 0.4) is 0 Å². The zero-order chi connectivity index (χ0) is 16.4. The highest BCUT2D eigenvalue weighted by Gasteiger charge is 2.08. The Hall–Kier alpha value is -0.760. The zero-order valence-corrected chi connectivity index (χ0v) is 16.5. The van der Waals surface area contributed by atoms with Crippen molar-refractivity contribution >= 4 is 57.6 Å². The van der Waals surface area contributed by atoms with Crippen molar-refractivity contribution in [3.8, 4) is 0 Å². The minimum Gasteiger partial charge on any atom is -0.344 e. The molecule has 2 N–H and O–H groups in total. The molecule has 0 aliphatic carbocycles. The molecule has 8 heteroatoms. The lowest BCUT2D eigenvalue weighted by molar-refractivity contribution is -0.129. The Labute approximate surface area is 156 Å². The van der Waals surface area contributed by atoms with Crippen LogP contribution in [0, 0.1) is 0 Å². The lowest BCUT2D eigenvalue weighted by atomic mass is 10.3. The van der Waals surface area contributed by atoms with E-state index >= 15 is 0 Å². The van der Waals surface area contributed by atoms with Gasteiger partial charge in [0.2, 0.25) is 11.8 Å². The van der Waals surface area contributed by atoms with E-state index in [0.29, 0.717) is 24.5 Å². The number of likely N-dealkylation sites (N-methyl/N-ethyl adjacent to an activating group) is 2. The van der Waals surface area contributed by atoms with Crippen LogP contribution in [0.5, 0.6) is 0 Å². The van der Waals surface area contributed by atoms with Gasteiger partial charge in [-0.05, 0) is 31.3 Å². The first-order valence-electron chi connectivity index (χ1n) is 7.04. The molecule has 0 saturated carbocycles. The van der Waals surface area contributed by atoms with Crippen LogP contribution >= 0.6 is 40.1 Å². The van der Waals surface area contributed by atoms with Crippen molar-refractivity contribution in [3.63, 3.8) is 0 Å². The second kappa shape index (κ2) is 12.6. The molecule has 130 valence electrons. The minimum absolute atomic E-state index is 0. The van der Waals surface area contributed by atoms with Crippen LogP contribution in [0.4, 0.5) is 5.69 Å².